The topological polar surface area (TPSA) is 26.3 Å². The monoisotopic (exact) mass is 372 g/mol. The molecule has 2 nitrogen and oxygen atoms in total. The lowest BCUT2D eigenvalue weighted by Gasteiger charge is -2.08. The number of ether oxygens (including phenoxy) is 1. The maximum absolute atomic E-state index is 12.5. The smallest absolute Gasteiger partial charge is 0.343 e. The van der Waals surface area contributed by atoms with Crippen molar-refractivity contribution in [3.05, 3.63) is 90.0 Å². The van der Waals surface area contributed by atoms with Gasteiger partial charge in [0.1, 0.15) is 5.75 Å². The molecule has 0 unspecified atom stereocenters. The first-order chi connectivity index (χ1) is 13.8. The van der Waals surface area contributed by atoms with Gasteiger partial charge in [-0.3, -0.25) is 0 Å². The Kier molecular flexibility index (Phi) is 7.43. The molecule has 0 heterocycles. The molecule has 0 aromatic heterocycles. The summed E-state index contributed by atoms with van der Waals surface area (Å²) < 4.78 is 5.56. The number of carbonyl (C=O) groups excluding carboxylic acids is 1. The lowest BCUT2D eigenvalue weighted by molar-refractivity contribution is 0.0734. The maximum Gasteiger partial charge on any atom is 0.343 e. The quantitative estimate of drug-likeness (QED) is 0.228. The fourth-order valence-electron chi connectivity index (χ4n) is 3.30. The molecule has 0 aliphatic heterocycles. The Morgan fingerprint density at radius 3 is 2.21 bits per heavy atom. The highest BCUT2D eigenvalue weighted by Gasteiger charge is 2.09. The average molecular weight is 373 g/mol. The highest BCUT2D eigenvalue weighted by Crippen LogP contribution is 2.23. The van der Waals surface area contributed by atoms with Crippen LogP contribution >= 0.6 is 0 Å². The molecule has 3 aromatic rings. The summed E-state index contributed by atoms with van der Waals surface area (Å²) in [5.41, 5.74) is 4.06. The third-order valence-electron chi connectivity index (χ3n) is 4.90. The van der Waals surface area contributed by atoms with Crippen LogP contribution in [0.25, 0.3) is 11.1 Å². The van der Waals surface area contributed by atoms with Crippen molar-refractivity contribution in [3.63, 3.8) is 0 Å². The van der Waals surface area contributed by atoms with Gasteiger partial charge in [0.05, 0.1) is 5.56 Å². The van der Waals surface area contributed by atoms with Crippen molar-refractivity contribution in [2.24, 2.45) is 0 Å². The summed E-state index contributed by atoms with van der Waals surface area (Å²) in [6, 6.07) is 25.6. The van der Waals surface area contributed by atoms with Gasteiger partial charge in [-0.2, -0.15) is 0 Å². The molecule has 0 amide bonds. The molecule has 0 aliphatic carbocycles. The zero-order valence-electron chi connectivity index (χ0n) is 16.6. The second kappa shape index (κ2) is 10.5. The van der Waals surface area contributed by atoms with E-state index in [0.717, 1.165) is 17.5 Å². The summed E-state index contributed by atoms with van der Waals surface area (Å²) >= 11 is 0. The Hall–Kier alpha value is -2.87. The minimum Gasteiger partial charge on any atom is -0.423 e. The molecule has 0 atom stereocenters. The van der Waals surface area contributed by atoms with Gasteiger partial charge in [0.2, 0.25) is 0 Å². The number of esters is 1. The van der Waals surface area contributed by atoms with E-state index in [1.165, 1.54) is 37.7 Å². The molecule has 0 N–H and O–H groups in total. The van der Waals surface area contributed by atoms with Crippen molar-refractivity contribution in [2.75, 3.05) is 0 Å². The molecule has 3 rings (SSSR count). The van der Waals surface area contributed by atoms with E-state index in [9.17, 15) is 4.79 Å². The molecule has 0 saturated carbocycles. The zero-order valence-corrected chi connectivity index (χ0v) is 16.6. The van der Waals surface area contributed by atoms with E-state index in [1.807, 2.05) is 60.7 Å². The second-order valence-electron chi connectivity index (χ2n) is 7.14. The summed E-state index contributed by atoms with van der Waals surface area (Å²) in [5.74, 6) is 0.259. The number of benzene rings is 3. The molecule has 0 saturated heterocycles. The molecule has 28 heavy (non-hydrogen) atoms. The van der Waals surface area contributed by atoms with Gasteiger partial charge in [0.15, 0.2) is 0 Å². The Morgan fingerprint density at radius 1 is 0.750 bits per heavy atom. The number of hydrogen-bond donors (Lipinski definition) is 0. The average Bonchev–Trinajstić information content (AvgIpc) is 2.75. The van der Waals surface area contributed by atoms with Crippen LogP contribution in [0.5, 0.6) is 5.75 Å². The van der Waals surface area contributed by atoms with Crippen molar-refractivity contribution in [1.29, 1.82) is 0 Å². The van der Waals surface area contributed by atoms with E-state index in [0.29, 0.717) is 11.3 Å². The Labute approximate surface area is 168 Å². The molecule has 0 spiro atoms. The zero-order chi connectivity index (χ0) is 19.6. The number of hydrogen-bond acceptors (Lipinski definition) is 2. The van der Waals surface area contributed by atoms with Gasteiger partial charge < -0.3 is 4.74 Å². The Balaban J connectivity index is 1.58. The number of rotatable bonds is 9. The molecular formula is C26H28O2. The van der Waals surface area contributed by atoms with Crippen LogP contribution in [0.2, 0.25) is 0 Å². The van der Waals surface area contributed by atoms with Gasteiger partial charge in [-0.05, 0) is 53.8 Å². The Bertz CT molecular complexity index is 866. The molecule has 0 radical (unpaired) electrons. The van der Waals surface area contributed by atoms with E-state index < -0.39 is 0 Å². The summed E-state index contributed by atoms with van der Waals surface area (Å²) in [6.45, 7) is 2.23. The van der Waals surface area contributed by atoms with E-state index in [-0.39, 0.29) is 5.97 Å². The van der Waals surface area contributed by atoms with Crippen molar-refractivity contribution in [3.8, 4) is 16.9 Å². The first kappa shape index (κ1) is 19.9. The van der Waals surface area contributed by atoms with Crippen LogP contribution in [0.1, 0.15) is 54.9 Å². The second-order valence-corrected chi connectivity index (χ2v) is 7.14. The maximum atomic E-state index is 12.5. The van der Waals surface area contributed by atoms with Crippen LogP contribution in [0.15, 0.2) is 78.9 Å². The highest BCUT2D eigenvalue weighted by molar-refractivity contribution is 5.91. The van der Waals surface area contributed by atoms with E-state index in [4.69, 9.17) is 4.74 Å². The number of carbonyl (C=O) groups is 1. The number of unbranched alkanes of at least 4 members (excludes halogenated alkanes) is 4. The summed E-state index contributed by atoms with van der Waals surface area (Å²) in [7, 11) is 0. The molecule has 0 bridgehead atoms. The summed E-state index contributed by atoms with van der Waals surface area (Å²) in [5, 5.41) is 0. The predicted molar refractivity (Wildman–Crippen MR) is 116 cm³/mol. The van der Waals surface area contributed by atoms with Gasteiger partial charge in [-0.25, -0.2) is 4.79 Å². The minimum atomic E-state index is -0.305. The van der Waals surface area contributed by atoms with Crippen LogP contribution in [0.3, 0.4) is 0 Å². The normalized spacial score (nSPS) is 10.6. The van der Waals surface area contributed by atoms with Crippen molar-refractivity contribution >= 4 is 5.97 Å². The largest absolute Gasteiger partial charge is 0.423 e. The van der Waals surface area contributed by atoms with E-state index in [2.05, 4.69) is 25.1 Å². The van der Waals surface area contributed by atoms with Crippen LogP contribution in [0, 0.1) is 0 Å². The summed E-state index contributed by atoms with van der Waals surface area (Å²) in [4.78, 5) is 12.5. The predicted octanol–water partition coefficient (Wildman–Crippen LogP) is 7.09. The van der Waals surface area contributed by atoms with Gasteiger partial charge in [0.25, 0.3) is 0 Å². The standard InChI is InChI=1S/C26H28O2/c1-2-3-4-5-7-11-21-12-10-15-24(20-21)26(27)28-25-18-16-23(17-19-25)22-13-8-6-9-14-22/h6,8-10,12-20H,2-5,7,11H2,1H3. The van der Waals surface area contributed by atoms with Gasteiger partial charge >= 0.3 is 5.97 Å². The van der Waals surface area contributed by atoms with Gasteiger partial charge in [-0.1, -0.05) is 87.2 Å². The minimum absolute atomic E-state index is 0.305. The van der Waals surface area contributed by atoms with Crippen molar-refractivity contribution in [1.82, 2.24) is 0 Å². The van der Waals surface area contributed by atoms with E-state index in [1.54, 1.807) is 0 Å². The first-order valence-electron chi connectivity index (χ1n) is 10.2. The number of aryl methyl sites for hydroxylation is 1. The van der Waals surface area contributed by atoms with Gasteiger partial charge in [0, 0.05) is 0 Å². The molecule has 0 aliphatic rings. The van der Waals surface area contributed by atoms with Crippen molar-refractivity contribution in [2.45, 2.75) is 45.4 Å². The van der Waals surface area contributed by atoms with Crippen LogP contribution in [-0.4, -0.2) is 5.97 Å². The van der Waals surface area contributed by atoms with Crippen LogP contribution in [-0.2, 0) is 6.42 Å². The third kappa shape index (κ3) is 5.82. The third-order valence-corrected chi connectivity index (χ3v) is 4.90. The SMILES string of the molecule is CCCCCCCc1cccc(C(=O)Oc2ccc(-c3ccccc3)cc2)c1. The Morgan fingerprint density at radius 2 is 1.46 bits per heavy atom. The molecule has 2 heteroatoms. The molecule has 144 valence electrons. The fraction of sp³-hybridized carbons (Fsp3) is 0.269. The molecular weight excluding hydrogens is 344 g/mol. The van der Waals surface area contributed by atoms with E-state index >= 15 is 0 Å². The lowest BCUT2D eigenvalue weighted by Crippen LogP contribution is -2.08. The van der Waals surface area contributed by atoms with Crippen molar-refractivity contribution < 1.29 is 9.53 Å². The lowest BCUT2D eigenvalue weighted by atomic mass is 10.0. The molecule has 3 aromatic carbocycles. The van der Waals surface area contributed by atoms with Crippen LogP contribution in [0.4, 0.5) is 0 Å². The summed E-state index contributed by atoms with van der Waals surface area (Å²) in [6.07, 6.45) is 7.27. The fourth-order valence-corrected chi connectivity index (χ4v) is 3.30. The molecule has 0 fully saturated rings. The highest BCUT2D eigenvalue weighted by atomic mass is 16.5. The first-order valence-corrected chi connectivity index (χ1v) is 10.2. The van der Waals surface area contributed by atoms with Gasteiger partial charge in [-0.15, -0.1) is 0 Å². The van der Waals surface area contributed by atoms with Crippen LogP contribution < -0.4 is 4.74 Å².